The molecule has 0 amide bonds. The zero-order chi connectivity index (χ0) is 15.6. The number of hydrogen-bond donors (Lipinski definition) is 2. The molecule has 1 aromatic carbocycles. The van der Waals surface area contributed by atoms with Crippen LogP contribution in [0.5, 0.6) is 0 Å². The van der Waals surface area contributed by atoms with Crippen molar-refractivity contribution in [1.82, 2.24) is 9.29 Å². The molecule has 114 valence electrons. The van der Waals surface area contributed by atoms with E-state index in [1.54, 1.807) is 6.92 Å². The van der Waals surface area contributed by atoms with Crippen molar-refractivity contribution in [3.8, 4) is 0 Å². The molecule has 2 rings (SSSR count). The van der Waals surface area contributed by atoms with Gasteiger partial charge in [-0.2, -0.15) is 4.31 Å². The van der Waals surface area contributed by atoms with Gasteiger partial charge >= 0.3 is 11.7 Å². The molecule has 0 aliphatic rings. The van der Waals surface area contributed by atoms with Gasteiger partial charge in [-0.15, -0.1) is 0 Å². The highest BCUT2D eigenvalue weighted by atomic mass is 32.2. The molecule has 2 N–H and O–H groups in total. The number of aromatic amines is 1. The summed E-state index contributed by atoms with van der Waals surface area (Å²) in [6.07, 6.45) is 0.480. The number of H-pyrrole nitrogens is 1. The van der Waals surface area contributed by atoms with Crippen LogP contribution in [0.1, 0.15) is 13.3 Å². The second-order valence-electron chi connectivity index (χ2n) is 4.40. The van der Waals surface area contributed by atoms with Gasteiger partial charge in [0.05, 0.1) is 10.4 Å². The average Bonchev–Trinajstić information content (AvgIpc) is 2.76. The number of rotatable bonds is 6. The Bertz CT molecular complexity index is 820. The maximum atomic E-state index is 12.4. The number of benzene rings is 1. The Morgan fingerprint density at radius 3 is 2.76 bits per heavy atom. The number of oxazole rings is 1. The summed E-state index contributed by atoms with van der Waals surface area (Å²) in [6.45, 7) is 1.22. The summed E-state index contributed by atoms with van der Waals surface area (Å²) >= 11 is 0. The number of sulfonamides is 1. The highest BCUT2D eigenvalue weighted by molar-refractivity contribution is 7.89. The van der Waals surface area contributed by atoms with Crippen molar-refractivity contribution >= 4 is 27.1 Å². The summed E-state index contributed by atoms with van der Waals surface area (Å²) in [6, 6.07) is 3.90. The topological polar surface area (TPSA) is 121 Å². The molecule has 1 aromatic heterocycles. The van der Waals surface area contributed by atoms with Crippen molar-refractivity contribution in [2.75, 3.05) is 13.1 Å². The molecular weight excluding hydrogens is 300 g/mol. The van der Waals surface area contributed by atoms with Gasteiger partial charge in [0.1, 0.15) is 6.54 Å². The molecule has 0 aliphatic carbocycles. The lowest BCUT2D eigenvalue weighted by atomic mass is 10.3. The van der Waals surface area contributed by atoms with Crippen LogP contribution in [0.3, 0.4) is 0 Å². The molecule has 0 atom stereocenters. The Balaban J connectivity index is 2.47. The first-order valence-electron chi connectivity index (χ1n) is 6.19. The first-order valence-corrected chi connectivity index (χ1v) is 7.63. The number of aliphatic carboxylic acids is 1. The third-order valence-corrected chi connectivity index (χ3v) is 4.66. The van der Waals surface area contributed by atoms with Gasteiger partial charge in [0.2, 0.25) is 10.0 Å². The van der Waals surface area contributed by atoms with E-state index >= 15 is 0 Å². The normalized spacial score (nSPS) is 12.1. The van der Waals surface area contributed by atoms with E-state index in [2.05, 4.69) is 4.98 Å². The van der Waals surface area contributed by atoms with E-state index in [1.807, 2.05) is 0 Å². The number of carboxylic acids is 1. The van der Waals surface area contributed by atoms with Gasteiger partial charge in [-0.3, -0.25) is 9.78 Å². The van der Waals surface area contributed by atoms with E-state index in [4.69, 9.17) is 9.52 Å². The Labute approximate surface area is 120 Å². The Morgan fingerprint density at radius 2 is 2.14 bits per heavy atom. The Morgan fingerprint density at radius 1 is 1.43 bits per heavy atom. The third-order valence-electron chi connectivity index (χ3n) is 2.81. The fourth-order valence-electron chi connectivity index (χ4n) is 1.92. The molecule has 0 radical (unpaired) electrons. The second-order valence-corrected chi connectivity index (χ2v) is 6.34. The van der Waals surface area contributed by atoms with Gasteiger partial charge in [0.25, 0.3) is 0 Å². The molecule has 8 nitrogen and oxygen atoms in total. The molecule has 21 heavy (non-hydrogen) atoms. The van der Waals surface area contributed by atoms with Crippen LogP contribution < -0.4 is 5.76 Å². The Kier molecular flexibility index (Phi) is 4.14. The number of aromatic nitrogens is 1. The number of fused-ring (bicyclic) bond motifs is 1. The van der Waals surface area contributed by atoms with Gasteiger partial charge in [0, 0.05) is 12.6 Å². The van der Waals surface area contributed by atoms with E-state index in [1.165, 1.54) is 18.2 Å². The summed E-state index contributed by atoms with van der Waals surface area (Å²) < 4.78 is 30.6. The smallest absolute Gasteiger partial charge is 0.417 e. The quantitative estimate of drug-likeness (QED) is 0.805. The monoisotopic (exact) mass is 314 g/mol. The van der Waals surface area contributed by atoms with Crippen molar-refractivity contribution in [3.05, 3.63) is 28.7 Å². The summed E-state index contributed by atoms with van der Waals surface area (Å²) in [5, 5.41) is 8.82. The van der Waals surface area contributed by atoms with E-state index < -0.39 is 28.3 Å². The zero-order valence-electron chi connectivity index (χ0n) is 11.2. The van der Waals surface area contributed by atoms with Gasteiger partial charge in [-0.05, 0) is 18.6 Å². The Hall–Kier alpha value is -2.13. The highest BCUT2D eigenvalue weighted by Crippen LogP contribution is 2.20. The molecule has 0 saturated heterocycles. The molecule has 2 aromatic rings. The van der Waals surface area contributed by atoms with Crippen LogP contribution in [0.4, 0.5) is 0 Å². The van der Waals surface area contributed by atoms with Gasteiger partial charge in [-0.1, -0.05) is 6.92 Å². The summed E-state index contributed by atoms with van der Waals surface area (Å²) in [7, 11) is -3.96. The minimum Gasteiger partial charge on any atom is -0.480 e. The maximum absolute atomic E-state index is 12.4. The second kappa shape index (κ2) is 5.70. The number of nitrogens with one attached hydrogen (secondary N) is 1. The largest absolute Gasteiger partial charge is 0.480 e. The molecule has 0 saturated carbocycles. The van der Waals surface area contributed by atoms with Crippen LogP contribution in [0.25, 0.3) is 11.1 Å². The minimum atomic E-state index is -3.96. The fraction of sp³-hybridized carbons (Fsp3) is 0.333. The van der Waals surface area contributed by atoms with E-state index in [0.29, 0.717) is 11.9 Å². The molecule has 1 heterocycles. The highest BCUT2D eigenvalue weighted by Gasteiger charge is 2.26. The van der Waals surface area contributed by atoms with Crippen LogP contribution in [0.15, 0.2) is 32.3 Å². The number of hydrogen-bond acceptors (Lipinski definition) is 5. The SMILES string of the molecule is CCCN(CC(=O)O)S(=O)(=O)c1ccc2[nH]c(=O)oc2c1. The van der Waals surface area contributed by atoms with Crippen LogP contribution in [0.2, 0.25) is 0 Å². The van der Waals surface area contributed by atoms with Crippen LogP contribution in [-0.2, 0) is 14.8 Å². The van der Waals surface area contributed by atoms with E-state index in [0.717, 1.165) is 4.31 Å². The molecular formula is C12H14N2O6S. The predicted molar refractivity (Wildman–Crippen MR) is 73.5 cm³/mol. The van der Waals surface area contributed by atoms with Gasteiger partial charge < -0.3 is 9.52 Å². The lowest BCUT2D eigenvalue weighted by molar-refractivity contribution is -0.137. The molecule has 0 bridgehead atoms. The molecule has 0 aliphatic heterocycles. The van der Waals surface area contributed by atoms with E-state index in [-0.39, 0.29) is 17.0 Å². The van der Waals surface area contributed by atoms with Crippen molar-refractivity contribution in [2.24, 2.45) is 0 Å². The van der Waals surface area contributed by atoms with Crippen molar-refractivity contribution in [1.29, 1.82) is 0 Å². The standard InChI is InChI=1S/C12H14N2O6S/c1-2-5-14(7-11(15)16)21(18,19)8-3-4-9-10(6-8)20-12(17)13-9/h3-4,6H,2,5,7H2,1H3,(H,13,17)(H,15,16). The molecule has 0 unspecified atom stereocenters. The predicted octanol–water partition coefficient (Wildman–Crippen LogP) is 0.606. The summed E-state index contributed by atoms with van der Waals surface area (Å²) in [5.74, 6) is -1.92. The van der Waals surface area contributed by atoms with Crippen LogP contribution in [0, 0.1) is 0 Å². The number of nitrogens with zero attached hydrogens (tertiary/aromatic N) is 1. The zero-order valence-corrected chi connectivity index (χ0v) is 12.0. The number of carbonyl (C=O) groups is 1. The fourth-order valence-corrected chi connectivity index (χ4v) is 3.42. The lowest BCUT2D eigenvalue weighted by Crippen LogP contribution is -2.36. The van der Waals surface area contributed by atoms with Crippen molar-refractivity contribution < 1.29 is 22.7 Å². The number of carboxylic acid groups (broad SMARTS) is 1. The minimum absolute atomic E-state index is 0.0871. The molecule has 0 fully saturated rings. The molecule has 0 spiro atoms. The van der Waals surface area contributed by atoms with Crippen LogP contribution in [-0.4, -0.2) is 41.9 Å². The van der Waals surface area contributed by atoms with Gasteiger partial charge in [-0.25, -0.2) is 13.2 Å². The van der Waals surface area contributed by atoms with Crippen molar-refractivity contribution in [2.45, 2.75) is 18.2 Å². The molecule has 9 heteroatoms. The van der Waals surface area contributed by atoms with Gasteiger partial charge in [0.15, 0.2) is 5.58 Å². The van der Waals surface area contributed by atoms with E-state index in [9.17, 15) is 18.0 Å². The summed E-state index contributed by atoms with van der Waals surface area (Å²) in [4.78, 5) is 24.2. The van der Waals surface area contributed by atoms with Crippen molar-refractivity contribution in [3.63, 3.8) is 0 Å². The first-order chi connectivity index (χ1) is 9.84. The van der Waals surface area contributed by atoms with Crippen LogP contribution >= 0.6 is 0 Å². The first kappa shape index (κ1) is 15.3. The summed E-state index contributed by atoms with van der Waals surface area (Å²) in [5.41, 5.74) is 0.479. The third kappa shape index (κ3) is 3.14. The maximum Gasteiger partial charge on any atom is 0.417 e. The lowest BCUT2D eigenvalue weighted by Gasteiger charge is -2.19. The average molecular weight is 314 g/mol.